The van der Waals surface area contributed by atoms with Gasteiger partial charge in [0.05, 0.1) is 4.88 Å². The average molecular weight is 357 g/mol. The van der Waals surface area contributed by atoms with E-state index in [1.54, 1.807) is 0 Å². The predicted octanol–water partition coefficient (Wildman–Crippen LogP) is 2.95. The van der Waals surface area contributed by atoms with Crippen LogP contribution in [0.25, 0.3) is 10.6 Å². The van der Waals surface area contributed by atoms with E-state index in [-0.39, 0.29) is 24.1 Å². The smallest absolute Gasteiger partial charge is 0.259 e. The molecule has 0 bridgehead atoms. The summed E-state index contributed by atoms with van der Waals surface area (Å²) < 4.78 is 15.7. The number of nitrogens with zero attached hydrogens (tertiary/aromatic N) is 1. The van der Waals surface area contributed by atoms with E-state index in [2.05, 4.69) is 10.5 Å². The molecule has 1 amide bonds. The minimum atomic E-state index is -0.334. The molecule has 3 aromatic rings. The molecular weight excluding hydrogens is 342 g/mol. The van der Waals surface area contributed by atoms with Gasteiger partial charge in [-0.3, -0.25) is 4.79 Å². The van der Waals surface area contributed by atoms with Crippen molar-refractivity contribution in [1.29, 1.82) is 0 Å². The number of ether oxygens (including phenoxy) is 2. The van der Waals surface area contributed by atoms with Crippen LogP contribution in [0.1, 0.15) is 21.5 Å². The lowest BCUT2D eigenvalue weighted by Crippen LogP contribution is -2.23. The first kappa shape index (κ1) is 15.5. The molecule has 1 aliphatic rings. The van der Waals surface area contributed by atoms with Crippen molar-refractivity contribution in [2.24, 2.45) is 0 Å². The zero-order valence-corrected chi connectivity index (χ0v) is 14.2. The number of aromatic nitrogens is 1. The van der Waals surface area contributed by atoms with Gasteiger partial charge in [0.2, 0.25) is 12.7 Å². The van der Waals surface area contributed by atoms with Crippen molar-refractivity contribution in [1.82, 2.24) is 10.5 Å². The standard InChI is InChI=1S/C17H15N3O4S/c1-9-4-5-25-15(9)14-13(16(18)24-20-14)17(21)19-7-10-2-3-11-12(6-10)23-8-22-11/h2-6H,7-8,18H2,1H3,(H,19,21). The van der Waals surface area contributed by atoms with Crippen LogP contribution < -0.4 is 20.5 Å². The monoisotopic (exact) mass is 357 g/mol. The molecule has 0 fully saturated rings. The highest BCUT2D eigenvalue weighted by Gasteiger charge is 2.24. The largest absolute Gasteiger partial charge is 0.454 e. The molecule has 0 atom stereocenters. The van der Waals surface area contributed by atoms with Gasteiger partial charge in [0.15, 0.2) is 11.5 Å². The second-order valence-corrected chi connectivity index (χ2v) is 6.49. The molecule has 2 aromatic heterocycles. The van der Waals surface area contributed by atoms with Gasteiger partial charge in [-0.2, -0.15) is 0 Å². The molecule has 0 spiro atoms. The number of amides is 1. The van der Waals surface area contributed by atoms with E-state index in [0.717, 1.165) is 16.0 Å². The fourth-order valence-electron chi connectivity index (χ4n) is 2.61. The van der Waals surface area contributed by atoms with Crippen LogP contribution in [-0.2, 0) is 6.54 Å². The number of thiophene rings is 1. The Balaban J connectivity index is 1.54. The molecule has 3 N–H and O–H groups in total. The van der Waals surface area contributed by atoms with Crippen LogP contribution in [0.15, 0.2) is 34.2 Å². The fourth-order valence-corrected chi connectivity index (χ4v) is 3.53. The van der Waals surface area contributed by atoms with E-state index in [0.29, 0.717) is 23.7 Å². The van der Waals surface area contributed by atoms with Crippen LogP contribution in [0.3, 0.4) is 0 Å². The highest BCUT2D eigenvalue weighted by atomic mass is 32.1. The van der Waals surface area contributed by atoms with E-state index in [1.807, 2.05) is 36.6 Å². The second kappa shape index (κ2) is 6.14. The van der Waals surface area contributed by atoms with Crippen molar-refractivity contribution in [3.63, 3.8) is 0 Å². The molecule has 4 rings (SSSR count). The van der Waals surface area contributed by atoms with Crippen LogP contribution in [0, 0.1) is 6.92 Å². The third-order valence-corrected chi connectivity index (χ3v) is 4.94. The molecule has 128 valence electrons. The van der Waals surface area contributed by atoms with Crippen LogP contribution >= 0.6 is 11.3 Å². The van der Waals surface area contributed by atoms with Gasteiger partial charge in [-0.05, 0) is 41.6 Å². The van der Waals surface area contributed by atoms with Crippen LogP contribution in [-0.4, -0.2) is 17.9 Å². The summed E-state index contributed by atoms with van der Waals surface area (Å²) in [6.45, 7) is 2.49. The predicted molar refractivity (Wildman–Crippen MR) is 92.7 cm³/mol. The Labute approximate surface area is 147 Å². The summed E-state index contributed by atoms with van der Waals surface area (Å²) in [5.74, 6) is 1.05. The number of nitrogens with one attached hydrogen (secondary N) is 1. The van der Waals surface area contributed by atoms with Gasteiger partial charge in [-0.25, -0.2) is 0 Å². The number of nitrogen functional groups attached to an aromatic ring is 1. The lowest BCUT2D eigenvalue weighted by molar-refractivity contribution is 0.0952. The Morgan fingerprint density at radius 1 is 1.32 bits per heavy atom. The maximum absolute atomic E-state index is 12.6. The van der Waals surface area contributed by atoms with Gasteiger partial charge in [0.25, 0.3) is 5.91 Å². The topological polar surface area (TPSA) is 99.6 Å². The Bertz CT molecular complexity index is 947. The number of carbonyl (C=O) groups is 1. The molecule has 7 nitrogen and oxygen atoms in total. The van der Waals surface area contributed by atoms with Gasteiger partial charge < -0.3 is 25.0 Å². The lowest BCUT2D eigenvalue weighted by atomic mass is 10.1. The number of aryl methyl sites for hydroxylation is 1. The third-order valence-electron chi connectivity index (χ3n) is 3.91. The summed E-state index contributed by atoms with van der Waals surface area (Å²) in [7, 11) is 0. The number of fused-ring (bicyclic) bond motifs is 1. The van der Waals surface area contributed by atoms with Gasteiger partial charge in [0, 0.05) is 6.54 Å². The Morgan fingerprint density at radius 3 is 2.96 bits per heavy atom. The molecule has 1 aliphatic heterocycles. The van der Waals surface area contributed by atoms with E-state index in [4.69, 9.17) is 19.7 Å². The van der Waals surface area contributed by atoms with Crippen molar-refractivity contribution in [2.45, 2.75) is 13.5 Å². The minimum Gasteiger partial charge on any atom is -0.454 e. The summed E-state index contributed by atoms with van der Waals surface area (Å²) in [6, 6.07) is 7.48. The number of hydrogen-bond acceptors (Lipinski definition) is 7. The highest BCUT2D eigenvalue weighted by molar-refractivity contribution is 7.13. The van der Waals surface area contributed by atoms with Crippen molar-refractivity contribution in [3.8, 4) is 22.1 Å². The van der Waals surface area contributed by atoms with E-state index in [9.17, 15) is 4.79 Å². The number of nitrogens with two attached hydrogens (primary N) is 1. The summed E-state index contributed by atoms with van der Waals surface area (Å²) in [5, 5.41) is 8.73. The molecule has 0 aliphatic carbocycles. The number of hydrogen-bond donors (Lipinski definition) is 2. The summed E-state index contributed by atoms with van der Waals surface area (Å²) in [6.07, 6.45) is 0. The van der Waals surface area contributed by atoms with Crippen LogP contribution in [0.2, 0.25) is 0 Å². The molecule has 0 unspecified atom stereocenters. The summed E-state index contributed by atoms with van der Waals surface area (Å²) in [5.41, 5.74) is 8.45. The number of benzene rings is 1. The first-order valence-corrected chi connectivity index (χ1v) is 8.48. The molecule has 25 heavy (non-hydrogen) atoms. The molecular formula is C17H15N3O4S. The quantitative estimate of drug-likeness (QED) is 0.745. The average Bonchev–Trinajstić information content (AvgIpc) is 3.31. The Kier molecular flexibility index (Phi) is 3.81. The van der Waals surface area contributed by atoms with Crippen molar-refractivity contribution >= 4 is 23.1 Å². The first-order valence-electron chi connectivity index (χ1n) is 7.60. The Morgan fingerprint density at radius 2 is 2.16 bits per heavy atom. The second-order valence-electron chi connectivity index (χ2n) is 5.57. The van der Waals surface area contributed by atoms with Gasteiger partial charge in [-0.15, -0.1) is 11.3 Å². The van der Waals surface area contributed by atoms with Gasteiger partial charge >= 0.3 is 0 Å². The molecule has 0 saturated carbocycles. The summed E-state index contributed by atoms with van der Waals surface area (Å²) in [4.78, 5) is 13.5. The third kappa shape index (κ3) is 2.80. The first-order chi connectivity index (χ1) is 12.1. The molecule has 0 radical (unpaired) electrons. The fraction of sp³-hybridized carbons (Fsp3) is 0.176. The van der Waals surface area contributed by atoms with E-state index < -0.39 is 0 Å². The van der Waals surface area contributed by atoms with E-state index >= 15 is 0 Å². The van der Waals surface area contributed by atoms with Gasteiger partial charge in [0.1, 0.15) is 11.3 Å². The van der Waals surface area contributed by atoms with E-state index in [1.165, 1.54) is 11.3 Å². The molecule has 1 aromatic carbocycles. The maximum Gasteiger partial charge on any atom is 0.259 e. The van der Waals surface area contributed by atoms with Crippen molar-refractivity contribution in [3.05, 3.63) is 46.3 Å². The molecule has 3 heterocycles. The Hall–Kier alpha value is -3.00. The zero-order valence-electron chi connectivity index (χ0n) is 13.4. The van der Waals surface area contributed by atoms with Crippen LogP contribution in [0.5, 0.6) is 11.5 Å². The highest BCUT2D eigenvalue weighted by Crippen LogP contribution is 2.34. The van der Waals surface area contributed by atoms with Gasteiger partial charge in [-0.1, -0.05) is 11.2 Å². The minimum absolute atomic E-state index is 0.00554. The normalized spacial score (nSPS) is 12.4. The van der Waals surface area contributed by atoms with Crippen molar-refractivity contribution in [2.75, 3.05) is 12.5 Å². The molecule has 0 saturated heterocycles. The number of rotatable bonds is 4. The van der Waals surface area contributed by atoms with Crippen molar-refractivity contribution < 1.29 is 18.8 Å². The number of anilines is 1. The molecule has 8 heteroatoms. The van der Waals surface area contributed by atoms with Crippen LogP contribution in [0.4, 0.5) is 5.88 Å². The summed E-state index contributed by atoms with van der Waals surface area (Å²) >= 11 is 1.49. The SMILES string of the molecule is Cc1ccsc1-c1noc(N)c1C(=O)NCc1ccc2c(c1)OCO2. The maximum atomic E-state index is 12.6. The zero-order chi connectivity index (χ0) is 17.4. The lowest BCUT2D eigenvalue weighted by Gasteiger charge is -2.06. The number of carbonyl (C=O) groups excluding carboxylic acids is 1.